The van der Waals surface area contributed by atoms with Crippen LogP contribution in [-0.2, 0) is 9.53 Å². The van der Waals surface area contributed by atoms with E-state index < -0.39 is 22.8 Å². The van der Waals surface area contributed by atoms with Crippen LogP contribution in [-0.4, -0.2) is 24.0 Å². The smallest absolute Gasteiger partial charge is 0.328 e. The normalized spacial score (nSPS) is 12.1. The summed E-state index contributed by atoms with van der Waals surface area (Å²) in [7, 11) is 1.22. The van der Waals surface area contributed by atoms with E-state index >= 15 is 0 Å². The first kappa shape index (κ1) is 16.6. The second-order valence-corrected chi connectivity index (χ2v) is 5.59. The van der Waals surface area contributed by atoms with Gasteiger partial charge in [-0.3, -0.25) is 10.1 Å². The van der Waals surface area contributed by atoms with Crippen LogP contribution < -0.4 is 5.32 Å². The van der Waals surface area contributed by atoms with Crippen LogP contribution in [0.25, 0.3) is 0 Å². The fourth-order valence-corrected chi connectivity index (χ4v) is 2.05. The number of nitrogens with one attached hydrogen (secondary N) is 1. The van der Waals surface area contributed by atoms with Gasteiger partial charge in [0.25, 0.3) is 5.69 Å². The Labute approximate surface area is 129 Å². The van der Waals surface area contributed by atoms with Crippen molar-refractivity contribution >= 4 is 39.9 Å². The van der Waals surface area contributed by atoms with Gasteiger partial charge in [0.2, 0.25) is 0 Å². The van der Waals surface area contributed by atoms with E-state index in [-0.39, 0.29) is 20.9 Å². The lowest BCUT2D eigenvalue weighted by atomic mass is 10.0. The van der Waals surface area contributed by atoms with Gasteiger partial charge in [-0.25, -0.2) is 9.18 Å². The van der Waals surface area contributed by atoms with Gasteiger partial charge < -0.3 is 10.1 Å². The minimum Gasteiger partial charge on any atom is -0.467 e. The van der Waals surface area contributed by atoms with E-state index in [2.05, 4.69) is 10.1 Å². The Kier molecular flexibility index (Phi) is 5.66. The highest BCUT2D eigenvalue weighted by molar-refractivity contribution is 14.1. The van der Waals surface area contributed by atoms with Gasteiger partial charge in [0.1, 0.15) is 17.5 Å². The number of rotatable bonds is 5. The molecule has 0 saturated carbocycles. The Balaban J connectivity index is 3.21. The standard InChI is InChI=1S/C12H14FIN2O4/c1-6(2)11(12(17)20-3)15-9-4-7(13)8(14)5-10(9)16(18)19/h4-6,11,15H,1-3H3. The predicted molar refractivity (Wildman–Crippen MR) is 80.0 cm³/mol. The molecule has 110 valence electrons. The van der Waals surface area contributed by atoms with E-state index in [4.69, 9.17) is 0 Å². The molecular formula is C12H14FIN2O4. The molecule has 0 bridgehead atoms. The summed E-state index contributed by atoms with van der Waals surface area (Å²) >= 11 is 1.67. The SMILES string of the molecule is COC(=O)C(Nc1cc(F)c(I)cc1[N+](=O)[O-])C(C)C. The molecule has 0 radical (unpaired) electrons. The zero-order valence-electron chi connectivity index (χ0n) is 11.1. The van der Waals surface area contributed by atoms with E-state index in [1.165, 1.54) is 7.11 Å². The van der Waals surface area contributed by atoms with E-state index in [1.807, 2.05) is 0 Å². The van der Waals surface area contributed by atoms with Crippen molar-refractivity contribution in [3.8, 4) is 0 Å². The molecular weight excluding hydrogens is 382 g/mol. The van der Waals surface area contributed by atoms with Crippen molar-refractivity contribution < 1.29 is 18.8 Å². The summed E-state index contributed by atoms with van der Waals surface area (Å²) in [6.07, 6.45) is 0. The molecule has 1 unspecified atom stereocenters. The van der Waals surface area contributed by atoms with Crippen LogP contribution in [0, 0.1) is 25.4 Å². The van der Waals surface area contributed by atoms with E-state index in [9.17, 15) is 19.3 Å². The first-order chi connectivity index (χ1) is 9.27. The minimum absolute atomic E-state index is 0.0444. The number of anilines is 1. The number of carbonyl (C=O) groups excluding carboxylic acids is 1. The van der Waals surface area contributed by atoms with Gasteiger partial charge in [0.05, 0.1) is 15.6 Å². The van der Waals surface area contributed by atoms with Gasteiger partial charge in [-0.2, -0.15) is 0 Å². The van der Waals surface area contributed by atoms with Crippen molar-refractivity contribution in [2.75, 3.05) is 12.4 Å². The summed E-state index contributed by atoms with van der Waals surface area (Å²) in [5.74, 6) is -1.33. The summed E-state index contributed by atoms with van der Waals surface area (Å²) in [4.78, 5) is 22.0. The summed E-state index contributed by atoms with van der Waals surface area (Å²) in [5.41, 5.74) is -0.331. The third-order valence-electron chi connectivity index (χ3n) is 2.67. The molecule has 0 aliphatic heterocycles. The highest BCUT2D eigenvalue weighted by Gasteiger charge is 2.27. The summed E-state index contributed by atoms with van der Waals surface area (Å²) in [6, 6.07) is 1.34. The van der Waals surface area contributed by atoms with Crippen LogP contribution in [0.2, 0.25) is 0 Å². The van der Waals surface area contributed by atoms with Crippen LogP contribution >= 0.6 is 22.6 Å². The highest BCUT2D eigenvalue weighted by Crippen LogP contribution is 2.30. The van der Waals surface area contributed by atoms with Gasteiger partial charge in [-0.15, -0.1) is 0 Å². The fourth-order valence-electron chi connectivity index (χ4n) is 1.60. The monoisotopic (exact) mass is 396 g/mol. The second-order valence-electron chi connectivity index (χ2n) is 4.43. The number of carbonyl (C=O) groups is 1. The maximum atomic E-state index is 13.6. The Morgan fingerprint density at radius 3 is 2.55 bits per heavy atom. The molecule has 0 amide bonds. The van der Waals surface area contributed by atoms with E-state index in [1.54, 1.807) is 36.4 Å². The molecule has 1 N–H and O–H groups in total. The molecule has 1 atom stereocenters. The molecule has 6 nitrogen and oxygen atoms in total. The van der Waals surface area contributed by atoms with E-state index in [0.29, 0.717) is 0 Å². The molecule has 0 aromatic heterocycles. The van der Waals surface area contributed by atoms with Gasteiger partial charge in [0, 0.05) is 12.1 Å². The van der Waals surface area contributed by atoms with Gasteiger partial charge in [-0.05, 0) is 28.5 Å². The topological polar surface area (TPSA) is 81.5 Å². The molecule has 0 spiro atoms. The first-order valence-electron chi connectivity index (χ1n) is 5.75. The minimum atomic E-state index is -0.793. The lowest BCUT2D eigenvalue weighted by Gasteiger charge is -2.21. The van der Waals surface area contributed by atoms with E-state index in [0.717, 1.165) is 12.1 Å². The second kappa shape index (κ2) is 6.82. The fraction of sp³-hybridized carbons (Fsp3) is 0.417. The third kappa shape index (κ3) is 3.78. The molecule has 0 aliphatic carbocycles. The molecule has 1 rings (SSSR count). The summed E-state index contributed by atoms with van der Waals surface area (Å²) < 4.78 is 18.3. The average molecular weight is 396 g/mol. The van der Waals surface area contributed by atoms with Crippen molar-refractivity contribution in [3.63, 3.8) is 0 Å². The molecule has 0 heterocycles. The van der Waals surface area contributed by atoms with Gasteiger partial charge >= 0.3 is 5.97 Å². The van der Waals surface area contributed by atoms with Crippen LogP contribution in [0.3, 0.4) is 0 Å². The molecule has 0 saturated heterocycles. The first-order valence-corrected chi connectivity index (χ1v) is 6.83. The quantitative estimate of drug-likeness (QED) is 0.358. The number of hydrogen-bond acceptors (Lipinski definition) is 5. The Bertz CT molecular complexity index is 536. The lowest BCUT2D eigenvalue weighted by Crippen LogP contribution is -2.35. The summed E-state index contributed by atoms with van der Waals surface area (Å²) in [6.45, 7) is 3.51. The molecule has 20 heavy (non-hydrogen) atoms. The van der Waals surface area contributed by atoms with Gasteiger partial charge in [-0.1, -0.05) is 13.8 Å². The number of hydrogen-bond donors (Lipinski definition) is 1. The zero-order chi connectivity index (χ0) is 15.4. The molecule has 0 aliphatic rings. The number of nitro benzene ring substituents is 1. The number of nitro groups is 1. The Hall–Kier alpha value is -1.45. The number of halogens is 2. The number of methoxy groups -OCH3 is 1. The van der Waals surface area contributed by atoms with Crippen LogP contribution in [0.5, 0.6) is 0 Å². The highest BCUT2D eigenvalue weighted by atomic mass is 127. The molecule has 8 heteroatoms. The number of benzene rings is 1. The van der Waals surface area contributed by atoms with Crippen molar-refractivity contribution in [2.24, 2.45) is 5.92 Å². The summed E-state index contributed by atoms with van der Waals surface area (Å²) in [5, 5.41) is 13.7. The predicted octanol–water partition coefficient (Wildman–Crippen LogP) is 2.95. The molecule has 0 fully saturated rings. The number of esters is 1. The van der Waals surface area contributed by atoms with Crippen molar-refractivity contribution in [3.05, 3.63) is 31.6 Å². The Morgan fingerprint density at radius 1 is 1.50 bits per heavy atom. The van der Waals surface area contributed by atoms with Crippen molar-refractivity contribution in [1.82, 2.24) is 0 Å². The maximum Gasteiger partial charge on any atom is 0.328 e. The number of nitrogens with zero attached hydrogens (tertiary/aromatic N) is 1. The van der Waals surface area contributed by atoms with Crippen LogP contribution in [0.15, 0.2) is 12.1 Å². The van der Waals surface area contributed by atoms with Crippen LogP contribution in [0.1, 0.15) is 13.8 Å². The Morgan fingerprint density at radius 2 is 2.10 bits per heavy atom. The van der Waals surface area contributed by atoms with Crippen molar-refractivity contribution in [2.45, 2.75) is 19.9 Å². The van der Waals surface area contributed by atoms with Gasteiger partial charge in [0.15, 0.2) is 0 Å². The lowest BCUT2D eigenvalue weighted by molar-refractivity contribution is -0.384. The maximum absolute atomic E-state index is 13.6. The average Bonchev–Trinajstić information content (AvgIpc) is 2.37. The largest absolute Gasteiger partial charge is 0.467 e. The van der Waals surface area contributed by atoms with Crippen molar-refractivity contribution in [1.29, 1.82) is 0 Å². The molecule has 1 aromatic rings. The molecule has 1 aromatic carbocycles. The zero-order valence-corrected chi connectivity index (χ0v) is 13.3. The third-order valence-corrected chi connectivity index (χ3v) is 3.49. The van der Waals surface area contributed by atoms with Crippen LogP contribution in [0.4, 0.5) is 15.8 Å². The number of ether oxygens (including phenoxy) is 1.